The minimum Gasteiger partial charge on any atom is -0.314 e. The van der Waals surface area contributed by atoms with Gasteiger partial charge in [-0.2, -0.15) is 0 Å². The maximum atomic E-state index is 13.2. The lowest BCUT2D eigenvalue weighted by atomic mass is 9.83. The van der Waals surface area contributed by atoms with Gasteiger partial charge in [0.2, 0.25) is 0 Å². The van der Waals surface area contributed by atoms with E-state index in [1.807, 2.05) is 6.08 Å². The number of rotatable bonds is 6. The Morgan fingerprint density at radius 3 is 2.50 bits per heavy atom. The molecule has 1 aromatic rings. The summed E-state index contributed by atoms with van der Waals surface area (Å²) in [5.74, 6) is -1.60. The van der Waals surface area contributed by atoms with Crippen LogP contribution in [0.1, 0.15) is 26.3 Å². The van der Waals surface area contributed by atoms with Crippen molar-refractivity contribution >= 4 is 0 Å². The third-order valence-corrected chi connectivity index (χ3v) is 3.00. The monoisotopic (exact) mass is 253 g/mol. The lowest BCUT2D eigenvalue weighted by molar-refractivity contribution is 0.372. The van der Waals surface area contributed by atoms with Crippen molar-refractivity contribution in [2.24, 2.45) is 5.41 Å². The highest BCUT2D eigenvalue weighted by Crippen LogP contribution is 2.24. The third kappa shape index (κ3) is 4.22. The van der Waals surface area contributed by atoms with Crippen molar-refractivity contribution in [3.8, 4) is 0 Å². The standard InChI is InChI=1S/C15H21F2N/c1-5-15(4,10-18-11(2)3)9-12-6-7-13(16)14(17)8-12/h5-8,11,18H,1,9-10H2,2-4H3. The molecular formula is C15H21F2N. The van der Waals surface area contributed by atoms with Gasteiger partial charge < -0.3 is 5.32 Å². The first-order valence-corrected chi connectivity index (χ1v) is 6.17. The molecule has 0 aliphatic carbocycles. The molecule has 1 aromatic carbocycles. The average Bonchev–Trinajstić information content (AvgIpc) is 2.31. The summed E-state index contributed by atoms with van der Waals surface area (Å²) < 4.78 is 26.0. The number of nitrogens with one attached hydrogen (secondary N) is 1. The Morgan fingerprint density at radius 2 is 2.00 bits per heavy atom. The quantitative estimate of drug-likeness (QED) is 0.762. The fourth-order valence-corrected chi connectivity index (χ4v) is 1.76. The van der Waals surface area contributed by atoms with E-state index in [0.29, 0.717) is 12.5 Å². The van der Waals surface area contributed by atoms with Crippen molar-refractivity contribution in [2.75, 3.05) is 6.54 Å². The Bertz CT molecular complexity index is 415. The molecule has 100 valence electrons. The van der Waals surface area contributed by atoms with Crippen LogP contribution in [0, 0.1) is 17.0 Å². The van der Waals surface area contributed by atoms with E-state index in [9.17, 15) is 8.78 Å². The Kier molecular flexibility index (Phi) is 5.03. The lowest BCUT2D eigenvalue weighted by Crippen LogP contribution is -2.35. The van der Waals surface area contributed by atoms with Crippen LogP contribution in [0.5, 0.6) is 0 Å². The van der Waals surface area contributed by atoms with Gasteiger partial charge in [-0.3, -0.25) is 0 Å². The SMILES string of the molecule is C=CC(C)(CNC(C)C)Cc1ccc(F)c(F)c1. The minimum atomic E-state index is -0.806. The van der Waals surface area contributed by atoms with Gasteiger partial charge in [0.05, 0.1) is 0 Å². The normalized spacial score (nSPS) is 14.6. The molecule has 1 unspecified atom stereocenters. The van der Waals surface area contributed by atoms with Gasteiger partial charge in [0.1, 0.15) is 0 Å². The predicted molar refractivity (Wildman–Crippen MR) is 71.5 cm³/mol. The highest BCUT2D eigenvalue weighted by Gasteiger charge is 2.21. The molecule has 1 atom stereocenters. The molecule has 0 amide bonds. The molecule has 18 heavy (non-hydrogen) atoms. The van der Waals surface area contributed by atoms with E-state index in [0.717, 1.165) is 12.1 Å². The summed E-state index contributed by atoms with van der Waals surface area (Å²) in [5, 5.41) is 3.34. The van der Waals surface area contributed by atoms with Crippen LogP contribution in [-0.4, -0.2) is 12.6 Å². The molecule has 0 aliphatic rings. The van der Waals surface area contributed by atoms with Crippen molar-refractivity contribution in [2.45, 2.75) is 33.2 Å². The van der Waals surface area contributed by atoms with Crippen LogP contribution in [0.3, 0.4) is 0 Å². The molecule has 1 rings (SSSR count). The van der Waals surface area contributed by atoms with Crippen molar-refractivity contribution in [1.82, 2.24) is 5.32 Å². The Balaban J connectivity index is 2.77. The molecule has 0 fully saturated rings. The van der Waals surface area contributed by atoms with Gasteiger partial charge in [-0.15, -0.1) is 6.58 Å². The zero-order valence-corrected chi connectivity index (χ0v) is 11.3. The molecular weight excluding hydrogens is 232 g/mol. The summed E-state index contributed by atoms with van der Waals surface area (Å²) in [7, 11) is 0. The number of hydrogen-bond donors (Lipinski definition) is 1. The van der Waals surface area contributed by atoms with Crippen LogP contribution in [0.2, 0.25) is 0 Å². The van der Waals surface area contributed by atoms with Gasteiger partial charge in [-0.05, 0) is 24.1 Å². The molecule has 0 heterocycles. The van der Waals surface area contributed by atoms with Crippen LogP contribution < -0.4 is 5.32 Å². The Hall–Kier alpha value is -1.22. The van der Waals surface area contributed by atoms with E-state index in [2.05, 4.69) is 32.7 Å². The second kappa shape index (κ2) is 6.10. The molecule has 1 N–H and O–H groups in total. The van der Waals surface area contributed by atoms with E-state index in [1.54, 1.807) is 6.07 Å². The van der Waals surface area contributed by atoms with E-state index in [4.69, 9.17) is 0 Å². The summed E-state index contributed by atoms with van der Waals surface area (Å²) in [4.78, 5) is 0. The highest BCUT2D eigenvalue weighted by atomic mass is 19.2. The largest absolute Gasteiger partial charge is 0.314 e. The zero-order valence-electron chi connectivity index (χ0n) is 11.3. The first kappa shape index (κ1) is 14.8. The molecule has 0 saturated heterocycles. The summed E-state index contributed by atoms with van der Waals surface area (Å²) in [6, 6.07) is 4.43. The van der Waals surface area contributed by atoms with Gasteiger partial charge in [0.15, 0.2) is 11.6 Å². The van der Waals surface area contributed by atoms with Gasteiger partial charge in [0.25, 0.3) is 0 Å². The maximum Gasteiger partial charge on any atom is 0.159 e. The fourth-order valence-electron chi connectivity index (χ4n) is 1.76. The second-order valence-corrected chi connectivity index (χ2v) is 5.32. The molecule has 3 heteroatoms. The van der Waals surface area contributed by atoms with Gasteiger partial charge in [0, 0.05) is 18.0 Å². The molecule has 0 aromatic heterocycles. The summed E-state index contributed by atoms with van der Waals surface area (Å²) >= 11 is 0. The first-order valence-electron chi connectivity index (χ1n) is 6.17. The third-order valence-electron chi connectivity index (χ3n) is 3.00. The van der Waals surface area contributed by atoms with Crippen molar-refractivity contribution in [3.05, 3.63) is 48.1 Å². The van der Waals surface area contributed by atoms with Crippen LogP contribution in [0.15, 0.2) is 30.9 Å². The minimum absolute atomic E-state index is 0.172. The topological polar surface area (TPSA) is 12.0 Å². The van der Waals surface area contributed by atoms with E-state index in [-0.39, 0.29) is 5.41 Å². The molecule has 0 saturated carbocycles. The predicted octanol–water partition coefficient (Wildman–Crippen LogP) is 3.70. The molecule has 1 nitrogen and oxygen atoms in total. The Morgan fingerprint density at radius 1 is 1.33 bits per heavy atom. The van der Waals surface area contributed by atoms with Crippen LogP contribution >= 0.6 is 0 Å². The maximum absolute atomic E-state index is 13.2. The summed E-state index contributed by atoms with van der Waals surface area (Å²) in [6.45, 7) is 10.8. The van der Waals surface area contributed by atoms with Crippen LogP contribution in [0.4, 0.5) is 8.78 Å². The molecule has 0 aliphatic heterocycles. The zero-order chi connectivity index (χ0) is 13.8. The van der Waals surface area contributed by atoms with E-state index in [1.165, 1.54) is 12.1 Å². The van der Waals surface area contributed by atoms with Crippen molar-refractivity contribution < 1.29 is 8.78 Å². The molecule has 0 radical (unpaired) electrons. The van der Waals surface area contributed by atoms with Gasteiger partial charge in [-0.1, -0.05) is 32.9 Å². The number of halogens is 2. The number of hydrogen-bond acceptors (Lipinski definition) is 1. The lowest BCUT2D eigenvalue weighted by Gasteiger charge is -2.27. The van der Waals surface area contributed by atoms with Gasteiger partial charge in [-0.25, -0.2) is 8.78 Å². The summed E-state index contributed by atoms with van der Waals surface area (Å²) in [5.41, 5.74) is 0.607. The van der Waals surface area contributed by atoms with Crippen molar-refractivity contribution in [3.63, 3.8) is 0 Å². The molecule has 0 bridgehead atoms. The van der Waals surface area contributed by atoms with Crippen molar-refractivity contribution in [1.29, 1.82) is 0 Å². The second-order valence-electron chi connectivity index (χ2n) is 5.32. The number of benzene rings is 1. The highest BCUT2D eigenvalue weighted by molar-refractivity contribution is 5.20. The van der Waals surface area contributed by atoms with Crippen LogP contribution in [0.25, 0.3) is 0 Å². The fraction of sp³-hybridized carbons (Fsp3) is 0.467. The summed E-state index contributed by atoms with van der Waals surface area (Å²) in [6.07, 6.45) is 2.50. The first-order chi connectivity index (χ1) is 8.36. The molecule has 0 spiro atoms. The smallest absolute Gasteiger partial charge is 0.159 e. The average molecular weight is 253 g/mol. The van der Waals surface area contributed by atoms with Gasteiger partial charge >= 0.3 is 0 Å². The van der Waals surface area contributed by atoms with E-state index < -0.39 is 11.6 Å². The van der Waals surface area contributed by atoms with Crippen LogP contribution in [-0.2, 0) is 6.42 Å². The van der Waals surface area contributed by atoms with E-state index >= 15 is 0 Å². The Labute approximate surface area is 108 Å².